The molecule has 2 aromatic carbocycles. The van der Waals surface area contributed by atoms with Gasteiger partial charge in [0.2, 0.25) is 5.91 Å². The van der Waals surface area contributed by atoms with Crippen molar-refractivity contribution >= 4 is 34.7 Å². The van der Waals surface area contributed by atoms with Crippen LogP contribution in [0.4, 0.5) is 5.69 Å². The topological polar surface area (TPSA) is 76.6 Å². The normalized spacial score (nSPS) is 13.5. The van der Waals surface area contributed by atoms with Gasteiger partial charge >= 0.3 is 5.97 Å². The number of carbonyl (C=O) groups is 3. The predicted octanol–water partition coefficient (Wildman–Crippen LogP) is 4.29. The lowest BCUT2D eigenvalue weighted by Crippen LogP contribution is -2.23. The summed E-state index contributed by atoms with van der Waals surface area (Å²) >= 11 is 1.25. The smallest absolute Gasteiger partial charge is 0.350 e. The van der Waals surface area contributed by atoms with Crippen molar-refractivity contribution in [1.29, 1.82) is 0 Å². The Morgan fingerprint density at radius 2 is 1.83 bits per heavy atom. The molecule has 1 aliphatic heterocycles. The Labute approximate surface area is 178 Å². The molecule has 0 saturated carbocycles. The number of thiazole rings is 1. The standard InChI is InChI=1S/C23H20N2O4S/c1-15-21(30-22(24-15)17-6-3-2-4-7-17)23(28)29-14-19(26)16-9-11-18(12-10-16)25-13-5-8-20(25)27/h2-4,6-7,9-12H,5,8,13-14H2,1H3. The average Bonchev–Trinajstić information content (AvgIpc) is 3.38. The summed E-state index contributed by atoms with van der Waals surface area (Å²) in [6.45, 7) is 2.10. The zero-order valence-corrected chi connectivity index (χ0v) is 17.3. The van der Waals surface area contributed by atoms with Gasteiger partial charge in [-0.25, -0.2) is 9.78 Å². The third kappa shape index (κ3) is 4.16. The van der Waals surface area contributed by atoms with Crippen LogP contribution in [-0.4, -0.2) is 35.8 Å². The number of aromatic nitrogens is 1. The van der Waals surface area contributed by atoms with Gasteiger partial charge in [0.25, 0.3) is 0 Å². The zero-order valence-electron chi connectivity index (χ0n) is 16.5. The van der Waals surface area contributed by atoms with Crippen LogP contribution in [0, 0.1) is 6.92 Å². The summed E-state index contributed by atoms with van der Waals surface area (Å²) in [5.74, 6) is -0.759. The van der Waals surface area contributed by atoms with E-state index >= 15 is 0 Å². The van der Waals surface area contributed by atoms with Crippen LogP contribution in [0.3, 0.4) is 0 Å². The molecule has 0 radical (unpaired) electrons. The highest BCUT2D eigenvalue weighted by molar-refractivity contribution is 7.17. The average molecular weight is 420 g/mol. The fourth-order valence-electron chi connectivity index (χ4n) is 3.32. The third-order valence-corrected chi connectivity index (χ3v) is 6.10. The van der Waals surface area contributed by atoms with Crippen molar-refractivity contribution < 1.29 is 19.1 Å². The van der Waals surface area contributed by atoms with Gasteiger partial charge in [0.1, 0.15) is 9.88 Å². The van der Waals surface area contributed by atoms with Gasteiger partial charge in [-0.1, -0.05) is 30.3 Å². The molecule has 0 atom stereocenters. The molecule has 0 N–H and O–H groups in total. The monoisotopic (exact) mass is 420 g/mol. The maximum Gasteiger partial charge on any atom is 0.350 e. The van der Waals surface area contributed by atoms with Crippen molar-refractivity contribution in [3.05, 3.63) is 70.7 Å². The number of rotatable bonds is 6. The first-order valence-corrected chi connectivity index (χ1v) is 10.5. The van der Waals surface area contributed by atoms with Gasteiger partial charge in [0.05, 0.1) is 5.69 Å². The van der Waals surface area contributed by atoms with E-state index < -0.39 is 5.97 Å². The first kappa shape index (κ1) is 20.0. The number of hydrogen-bond acceptors (Lipinski definition) is 6. The number of nitrogens with zero attached hydrogens (tertiary/aromatic N) is 2. The molecule has 6 nitrogen and oxygen atoms in total. The highest BCUT2D eigenvalue weighted by Gasteiger charge is 2.22. The summed E-state index contributed by atoms with van der Waals surface area (Å²) in [4.78, 5) is 43.3. The van der Waals surface area contributed by atoms with Crippen LogP contribution < -0.4 is 4.90 Å². The second-order valence-corrected chi connectivity index (χ2v) is 7.99. The van der Waals surface area contributed by atoms with Gasteiger partial charge in [-0.15, -0.1) is 11.3 Å². The molecule has 0 bridgehead atoms. The lowest BCUT2D eigenvalue weighted by molar-refractivity contribution is -0.117. The van der Waals surface area contributed by atoms with E-state index in [1.807, 2.05) is 30.3 Å². The van der Waals surface area contributed by atoms with Gasteiger partial charge < -0.3 is 9.64 Å². The van der Waals surface area contributed by atoms with E-state index in [9.17, 15) is 14.4 Å². The van der Waals surface area contributed by atoms with Crippen LogP contribution in [0.5, 0.6) is 0 Å². The molecule has 7 heteroatoms. The number of anilines is 1. The molecule has 0 aliphatic carbocycles. The number of benzene rings is 2. The molecule has 4 rings (SSSR count). The number of esters is 1. The Morgan fingerprint density at radius 3 is 2.50 bits per heavy atom. The van der Waals surface area contributed by atoms with E-state index in [1.54, 1.807) is 36.1 Å². The van der Waals surface area contributed by atoms with E-state index in [1.165, 1.54) is 11.3 Å². The molecular weight excluding hydrogens is 400 g/mol. The quantitative estimate of drug-likeness (QED) is 0.439. The maximum atomic E-state index is 12.5. The van der Waals surface area contributed by atoms with Crippen LogP contribution >= 0.6 is 11.3 Å². The van der Waals surface area contributed by atoms with Crippen molar-refractivity contribution in [2.75, 3.05) is 18.1 Å². The highest BCUT2D eigenvalue weighted by Crippen LogP contribution is 2.28. The Morgan fingerprint density at radius 1 is 1.10 bits per heavy atom. The molecule has 1 aliphatic rings. The number of aryl methyl sites for hydroxylation is 1. The number of ketones is 1. The number of amides is 1. The van der Waals surface area contributed by atoms with Crippen LogP contribution in [0.1, 0.15) is 38.6 Å². The molecule has 1 aromatic heterocycles. The van der Waals surface area contributed by atoms with E-state index in [-0.39, 0.29) is 18.3 Å². The molecule has 0 unspecified atom stereocenters. The van der Waals surface area contributed by atoms with E-state index in [2.05, 4.69) is 4.98 Å². The molecule has 2 heterocycles. The van der Waals surface area contributed by atoms with E-state index in [0.717, 1.165) is 22.7 Å². The summed E-state index contributed by atoms with van der Waals surface area (Å²) < 4.78 is 5.24. The van der Waals surface area contributed by atoms with Crippen molar-refractivity contribution in [3.8, 4) is 10.6 Å². The van der Waals surface area contributed by atoms with Gasteiger partial charge in [-0.2, -0.15) is 0 Å². The lowest BCUT2D eigenvalue weighted by Gasteiger charge is -2.15. The summed E-state index contributed by atoms with van der Waals surface area (Å²) in [7, 11) is 0. The molecule has 30 heavy (non-hydrogen) atoms. The summed E-state index contributed by atoms with van der Waals surface area (Å²) in [5.41, 5.74) is 2.72. The highest BCUT2D eigenvalue weighted by atomic mass is 32.1. The molecule has 1 saturated heterocycles. The SMILES string of the molecule is Cc1nc(-c2ccccc2)sc1C(=O)OCC(=O)c1ccc(N2CCCC2=O)cc1. The van der Waals surface area contributed by atoms with Gasteiger partial charge in [-0.3, -0.25) is 9.59 Å². The summed E-state index contributed by atoms with van der Waals surface area (Å²) in [5, 5.41) is 0.735. The molecule has 1 amide bonds. The number of carbonyl (C=O) groups excluding carboxylic acids is 3. The first-order chi connectivity index (χ1) is 14.5. The van der Waals surface area contributed by atoms with Crippen LogP contribution in [0.2, 0.25) is 0 Å². The first-order valence-electron chi connectivity index (χ1n) is 9.66. The summed E-state index contributed by atoms with van der Waals surface area (Å²) in [6.07, 6.45) is 1.40. The van der Waals surface area contributed by atoms with Crippen LogP contribution in [0.15, 0.2) is 54.6 Å². The van der Waals surface area contributed by atoms with Gasteiger partial charge in [0.15, 0.2) is 12.4 Å². The molecule has 3 aromatic rings. The lowest BCUT2D eigenvalue weighted by atomic mass is 10.1. The van der Waals surface area contributed by atoms with Gasteiger partial charge in [-0.05, 0) is 37.6 Å². The van der Waals surface area contributed by atoms with Crippen LogP contribution in [0.25, 0.3) is 10.6 Å². The Hall–Kier alpha value is -3.32. The van der Waals surface area contributed by atoms with Gasteiger partial charge in [0, 0.05) is 29.8 Å². The Balaban J connectivity index is 1.39. The van der Waals surface area contributed by atoms with E-state index in [0.29, 0.717) is 29.1 Å². The minimum Gasteiger partial charge on any atom is -0.453 e. The van der Waals surface area contributed by atoms with Crippen molar-refractivity contribution in [2.45, 2.75) is 19.8 Å². The fraction of sp³-hybridized carbons (Fsp3) is 0.217. The molecule has 152 valence electrons. The zero-order chi connectivity index (χ0) is 21.1. The number of ether oxygens (including phenoxy) is 1. The van der Waals surface area contributed by atoms with Crippen molar-refractivity contribution in [1.82, 2.24) is 4.98 Å². The molecule has 1 fully saturated rings. The molecule has 0 spiro atoms. The Bertz CT molecular complexity index is 1090. The Kier molecular flexibility index (Phi) is 5.72. The minimum absolute atomic E-state index is 0.0952. The third-order valence-electron chi connectivity index (χ3n) is 4.91. The maximum absolute atomic E-state index is 12.5. The second kappa shape index (κ2) is 8.59. The summed E-state index contributed by atoms with van der Waals surface area (Å²) in [6, 6.07) is 16.4. The van der Waals surface area contributed by atoms with Crippen molar-refractivity contribution in [3.63, 3.8) is 0 Å². The second-order valence-electron chi connectivity index (χ2n) is 6.99. The van der Waals surface area contributed by atoms with E-state index in [4.69, 9.17) is 4.74 Å². The predicted molar refractivity (Wildman–Crippen MR) is 115 cm³/mol. The van der Waals surface area contributed by atoms with Crippen molar-refractivity contribution in [2.24, 2.45) is 0 Å². The number of hydrogen-bond donors (Lipinski definition) is 0. The minimum atomic E-state index is -0.556. The van der Waals surface area contributed by atoms with Crippen LogP contribution in [-0.2, 0) is 9.53 Å². The number of Topliss-reactive ketones (excluding diaryl/α,β-unsaturated/α-hetero) is 1. The molecular formula is C23H20N2O4S. The largest absolute Gasteiger partial charge is 0.453 e. The fourth-order valence-corrected chi connectivity index (χ4v) is 4.28.